The van der Waals surface area contributed by atoms with Gasteiger partial charge >= 0.3 is 5.97 Å². The topological polar surface area (TPSA) is 70.1 Å². The van der Waals surface area contributed by atoms with Gasteiger partial charge in [-0.1, -0.05) is 0 Å². The van der Waals surface area contributed by atoms with Crippen molar-refractivity contribution in [1.82, 2.24) is 9.55 Å². The van der Waals surface area contributed by atoms with Gasteiger partial charge in [0.15, 0.2) is 5.69 Å². The van der Waals surface area contributed by atoms with Crippen molar-refractivity contribution in [2.24, 2.45) is 0 Å². The van der Waals surface area contributed by atoms with Crippen LogP contribution in [0.2, 0.25) is 0 Å². The quantitative estimate of drug-likeness (QED) is 0.881. The van der Waals surface area contributed by atoms with Gasteiger partial charge in [-0.25, -0.2) is 9.78 Å². The fraction of sp³-hybridized carbons (Fsp3) is 0.200. The van der Waals surface area contributed by atoms with Crippen molar-refractivity contribution in [2.45, 2.75) is 6.54 Å². The third-order valence-corrected chi connectivity index (χ3v) is 3.89. The van der Waals surface area contributed by atoms with Crippen LogP contribution in [-0.4, -0.2) is 22.6 Å². The van der Waals surface area contributed by atoms with Gasteiger partial charge < -0.3 is 15.0 Å². The van der Waals surface area contributed by atoms with Crippen LogP contribution < -0.4 is 5.73 Å². The molecule has 17 heavy (non-hydrogen) atoms. The van der Waals surface area contributed by atoms with Crippen LogP contribution in [-0.2, 0) is 11.3 Å². The Balaban J connectivity index is 2.23. The molecule has 0 aliphatic rings. The number of aromatic nitrogens is 2. The van der Waals surface area contributed by atoms with Gasteiger partial charge in [0.2, 0.25) is 0 Å². The largest absolute Gasteiger partial charge is 0.464 e. The first-order valence-electron chi connectivity index (χ1n) is 4.73. The number of hydrogen-bond donors (Lipinski definition) is 1. The predicted octanol–water partition coefficient (Wildman–Crippen LogP) is 2.12. The predicted molar refractivity (Wildman–Crippen MR) is 69.1 cm³/mol. The highest BCUT2D eigenvalue weighted by atomic mass is 79.9. The minimum atomic E-state index is -0.520. The summed E-state index contributed by atoms with van der Waals surface area (Å²) < 4.78 is 7.33. The monoisotopic (exact) mass is 315 g/mol. The van der Waals surface area contributed by atoms with Crippen molar-refractivity contribution in [2.75, 3.05) is 12.8 Å². The van der Waals surface area contributed by atoms with E-state index in [2.05, 4.69) is 25.7 Å². The Hall–Kier alpha value is -1.34. The molecule has 0 fully saturated rings. The molecule has 2 aromatic rings. The van der Waals surface area contributed by atoms with E-state index in [0.29, 0.717) is 12.4 Å². The molecule has 2 rings (SSSR count). The molecule has 2 heterocycles. The molecule has 0 aliphatic heterocycles. The molecule has 2 aromatic heterocycles. The summed E-state index contributed by atoms with van der Waals surface area (Å²) in [5.74, 6) is -0.199. The Morgan fingerprint density at radius 1 is 1.71 bits per heavy atom. The summed E-state index contributed by atoms with van der Waals surface area (Å²) in [6.45, 7) is 0.589. The van der Waals surface area contributed by atoms with Crippen molar-refractivity contribution < 1.29 is 9.53 Å². The lowest BCUT2D eigenvalue weighted by Crippen LogP contribution is -2.08. The molecule has 0 bridgehead atoms. The molecule has 2 N–H and O–H groups in total. The summed E-state index contributed by atoms with van der Waals surface area (Å²) in [5, 5.41) is 1.99. The van der Waals surface area contributed by atoms with E-state index >= 15 is 0 Å². The van der Waals surface area contributed by atoms with Crippen molar-refractivity contribution in [3.05, 3.63) is 32.8 Å². The second-order valence-electron chi connectivity index (χ2n) is 3.33. The summed E-state index contributed by atoms with van der Waals surface area (Å²) >= 11 is 4.99. The average Bonchev–Trinajstić information content (AvgIpc) is 2.87. The molecule has 0 saturated heterocycles. The minimum Gasteiger partial charge on any atom is -0.464 e. The third kappa shape index (κ3) is 2.50. The number of nitrogens with two attached hydrogens (primary N) is 1. The molecule has 90 valence electrons. The number of rotatable bonds is 3. The van der Waals surface area contributed by atoms with Crippen LogP contribution in [0.5, 0.6) is 0 Å². The molecular formula is C10H10BrN3O2S. The number of methoxy groups -OCH3 is 1. The number of nitrogen functional groups attached to an aromatic ring is 1. The van der Waals surface area contributed by atoms with Gasteiger partial charge in [-0.2, -0.15) is 0 Å². The van der Waals surface area contributed by atoms with Crippen LogP contribution in [0.25, 0.3) is 0 Å². The average molecular weight is 316 g/mol. The first kappa shape index (κ1) is 12.1. The van der Waals surface area contributed by atoms with Crippen LogP contribution in [0, 0.1) is 0 Å². The number of ether oxygens (including phenoxy) is 1. The number of carbonyl (C=O) groups excluding carboxylic acids is 1. The van der Waals surface area contributed by atoms with Crippen LogP contribution >= 0.6 is 27.3 Å². The maximum absolute atomic E-state index is 11.3. The molecule has 0 aliphatic carbocycles. The molecule has 0 atom stereocenters. The second-order valence-corrected chi connectivity index (χ2v) is 5.24. The maximum Gasteiger partial charge on any atom is 0.360 e. The van der Waals surface area contributed by atoms with E-state index in [0.717, 1.165) is 9.35 Å². The fourth-order valence-corrected chi connectivity index (χ4v) is 2.83. The number of halogens is 1. The molecule has 0 saturated carbocycles. The second kappa shape index (κ2) is 4.89. The van der Waals surface area contributed by atoms with Gasteiger partial charge in [0.25, 0.3) is 0 Å². The van der Waals surface area contributed by atoms with E-state index in [1.807, 2.05) is 11.4 Å². The van der Waals surface area contributed by atoms with E-state index in [1.165, 1.54) is 13.4 Å². The van der Waals surface area contributed by atoms with Crippen molar-refractivity contribution >= 4 is 39.1 Å². The lowest BCUT2D eigenvalue weighted by molar-refractivity contribution is 0.0596. The Labute approximate surface area is 110 Å². The number of anilines is 1. The molecule has 0 radical (unpaired) electrons. The van der Waals surface area contributed by atoms with E-state index in [-0.39, 0.29) is 5.69 Å². The molecule has 7 heteroatoms. The van der Waals surface area contributed by atoms with Crippen LogP contribution in [0.15, 0.2) is 22.2 Å². The zero-order valence-corrected chi connectivity index (χ0v) is 11.4. The number of esters is 1. The van der Waals surface area contributed by atoms with Crippen LogP contribution in [0.3, 0.4) is 0 Å². The highest BCUT2D eigenvalue weighted by Crippen LogP contribution is 2.22. The number of nitrogens with zero attached hydrogens (tertiary/aromatic N) is 2. The van der Waals surface area contributed by atoms with E-state index < -0.39 is 5.97 Å². The lowest BCUT2D eigenvalue weighted by atomic mass is 10.4. The molecule has 0 spiro atoms. The Bertz CT molecular complexity index is 549. The van der Waals surface area contributed by atoms with Crippen LogP contribution in [0.1, 0.15) is 15.4 Å². The molecule has 0 unspecified atom stereocenters. The lowest BCUT2D eigenvalue weighted by Gasteiger charge is -2.03. The van der Waals surface area contributed by atoms with Crippen LogP contribution in [0.4, 0.5) is 5.82 Å². The number of imidazole rings is 1. The minimum absolute atomic E-state index is 0.156. The molecule has 5 nitrogen and oxygen atoms in total. The van der Waals surface area contributed by atoms with Gasteiger partial charge in [0.1, 0.15) is 5.82 Å². The maximum atomic E-state index is 11.3. The van der Waals surface area contributed by atoms with Crippen molar-refractivity contribution in [3.63, 3.8) is 0 Å². The summed E-state index contributed by atoms with van der Waals surface area (Å²) in [5.41, 5.74) is 5.98. The standard InChI is InChI=1S/C10H10BrN3O2S/c1-16-10(15)8-9(12)14(5-13-8)3-7-2-6(11)4-17-7/h2,4-5H,3,12H2,1H3. The van der Waals surface area contributed by atoms with E-state index in [1.54, 1.807) is 15.9 Å². The summed E-state index contributed by atoms with van der Waals surface area (Å²) in [7, 11) is 1.30. The third-order valence-electron chi connectivity index (χ3n) is 2.20. The highest BCUT2D eigenvalue weighted by Gasteiger charge is 2.16. The number of hydrogen-bond acceptors (Lipinski definition) is 5. The number of thiophene rings is 1. The van der Waals surface area contributed by atoms with Crippen molar-refractivity contribution in [3.8, 4) is 0 Å². The number of carbonyl (C=O) groups is 1. The molecule has 0 aromatic carbocycles. The Morgan fingerprint density at radius 2 is 2.47 bits per heavy atom. The zero-order chi connectivity index (χ0) is 12.4. The SMILES string of the molecule is COC(=O)c1ncn(Cc2cc(Br)cs2)c1N. The van der Waals surface area contributed by atoms with Gasteiger partial charge in [-0.15, -0.1) is 11.3 Å². The first-order valence-corrected chi connectivity index (χ1v) is 6.41. The Kier molecular flexibility index (Phi) is 3.49. The molecular weight excluding hydrogens is 306 g/mol. The summed E-state index contributed by atoms with van der Waals surface area (Å²) in [6.07, 6.45) is 1.54. The van der Waals surface area contributed by atoms with Crippen molar-refractivity contribution in [1.29, 1.82) is 0 Å². The van der Waals surface area contributed by atoms with Gasteiger partial charge in [0.05, 0.1) is 20.0 Å². The van der Waals surface area contributed by atoms with Gasteiger partial charge in [-0.05, 0) is 22.0 Å². The fourth-order valence-electron chi connectivity index (χ4n) is 1.38. The Morgan fingerprint density at radius 3 is 3.06 bits per heavy atom. The smallest absolute Gasteiger partial charge is 0.360 e. The zero-order valence-electron chi connectivity index (χ0n) is 9.01. The normalized spacial score (nSPS) is 10.5. The first-order chi connectivity index (χ1) is 8.11. The van der Waals surface area contributed by atoms with Gasteiger partial charge in [0, 0.05) is 14.7 Å². The molecule has 0 amide bonds. The van der Waals surface area contributed by atoms with E-state index in [4.69, 9.17) is 5.73 Å². The highest BCUT2D eigenvalue weighted by molar-refractivity contribution is 9.10. The summed E-state index contributed by atoms with van der Waals surface area (Å²) in [6, 6.07) is 2.00. The van der Waals surface area contributed by atoms with E-state index in [9.17, 15) is 4.79 Å². The van der Waals surface area contributed by atoms with Gasteiger partial charge in [-0.3, -0.25) is 0 Å². The summed E-state index contributed by atoms with van der Waals surface area (Å²) in [4.78, 5) is 16.4.